The molecule has 3 aromatic rings. The van der Waals surface area contributed by atoms with Gasteiger partial charge in [0.05, 0.1) is 12.6 Å². The van der Waals surface area contributed by atoms with Crippen LogP contribution in [0.3, 0.4) is 0 Å². The van der Waals surface area contributed by atoms with E-state index in [0.29, 0.717) is 18.1 Å². The molecule has 0 saturated carbocycles. The van der Waals surface area contributed by atoms with Crippen LogP contribution in [0.2, 0.25) is 0 Å². The van der Waals surface area contributed by atoms with Crippen LogP contribution in [0, 0.1) is 19.7 Å². The third kappa shape index (κ3) is 7.05. The number of guanidine groups is 1. The highest BCUT2D eigenvalue weighted by molar-refractivity contribution is 14.0. The van der Waals surface area contributed by atoms with Gasteiger partial charge < -0.3 is 15.2 Å². The number of aliphatic imine (C=N–C) groups is 1. The molecule has 7 heteroatoms. The van der Waals surface area contributed by atoms with E-state index in [0.717, 1.165) is 30.0 Å². The van der Waals surface area contributed by atoms with Crippen molar-refractivity contribution in [1.82, 2.24) is 20.2 Å². The maximum Gasteiger partial charge on any atom is 0.192 e. The number of hydrogen-bond donors (Lipinski definition) is 2. The zero-order valence-corrected chi connectivity index (χ0v) is 20.9. The van der Waals surface area contributed by atoms with Gasteiger partial charge in [0.25, 0.3) is 0 Å². The number of imidazole rings is 1. The first-order valence-corrected chi connectivity index (χ1v) is 10.3. The predicted molar refractivity (Wildman–Crippen MR) is 135 cm³/mol. The van der Waals surface area contributed by atoms with E-state index in [-0.39, 0.29) is 35.8 Å². The molecule has 2 N–H and O–H groups in total. The van der Waals surface area contributed by atoms with Gasteiger partial charge in [0.2, 0.25) is 0 Å². The molecule has 2 aromatic carbocycles. The zero-order chi connectivity index (χ0) is 21.5. The molecule has 0 saturated heterocycles. The van der Waals surface area contributed by atoms with Crippen molar-refractivity contribution in [1.29, 1.82) is 0 Å². The summed E-state index contributed by atoms with van der Waals surface area (Å²) in [4.78, 5) is 9.01. The van der Waals surface area contributed by atoms with Crippen molar-refractivity contribution in [3.8, 4) is 0 Å². The van der Waals surface area contributed by atoms with Gasteiger partial charge in [0.15, 0.2) is 5.96 Å². The molecule has 0 aliphatic rings. The highest BCUT2D eigenvalue weighted by Gasteiger charge is 2.10. The lowest BCUT2D eigenvalue weighted by molar-refractivity contribution is 0.607. The molecule has 5 nitrogen and oxygen atoms in total. The third-order valence-electron chi connectivity index (χ3n) is 5.08. The Morgan fingerprint density at radius 2 is 1.94 bits per heavy atom. The van der Waals surface area contributed by atoms with Gasteiger partial charge in [-0.15, -0.1) is 24.0 Å². The van der Waals surface area contributed by atoms with Gasteiger partial charge in [-0.05, 0) is 56.0 Å². The molecule has 0 amide bonds. The van der Waals surface area contributed by atoms with E-state index in [1.807, 2.05) is 39.2 Å². The lowest BCUT2D eigenvalue weighted by Crippen LogP contribution is -2.38. The zero-order valence-electron chi connectivity index (χ0n) is 18.5. The van der Waals surface area contributed by atoms with E-state index in [9.17, 15) is 4.39 Å². The topological polar surface area (TPSA) is 54.2 Å². The summed E-state index contributed by atoms with van der Waals surface area (Å²) in [6.07, 6.45) is 3.81. The normalized spacial score (nSPS) is 12.2. The summed E-state index contributed by atoms with van der Waals surface area (Å²) in [5.74, 6) is 1.52. The first-order valence-electron chi connectivity index (χ1n) is 10.3. The van der Waals surface area contributed by atoms with Crippen molar-refractivity contribution in [2.75, 3.05) is 6.54 Å². The highest BCUT2D eigenvalue weighted by Crippen LogP contribution is 2.16. The third-order valence-corrected chi connectivity index (χ3v) is 5.08. The van der Waals surface area contributed by atoms with Crippen LogP contribution in [0.4, 0.5) is 4.39 Å². The van der Waals surface area contributed by atoms with Crippen LogP contribution in [-0.4, -0.2) is 22.1 Å². The van der Waals surface area contributed by atoms with Crippen LogP contribution in [0.1, 0.15) is 48.0 Å². The SMILES string of the molecule is CCNC(=NCc1cccc(Cn2ccnc2C)c1)NC(C)c1ccc(C)c(F)c1.I. The Labute approximate surface area is 201 Å². The lowest BCUT2D eigenvalue weighted by atomic mass is 10.1. The molecule has 3 rings (SSSR count). The van der Waals surface area contributed by atoms with E-state index >= 15 is 0 Å². The second kappa shape index (κ2) is 11.8. The minimum absolute atomic E-state index is 0. The standard InChI is InChI=1S/C24H30FN5.HI/c1-5-26-24(29-18(3)22-10-9-17(2)23(25)14-22)28-15-20-7-6-8-21(13-20)16-30-12-11-27-19(30)4;/h6-14,18H,5,15-16H2,1-4H3,(H2,26,28,29);1H. The lowest BCUT2D eigenvalue weighted by Gasteiger charge is -2.18. The van der Waals surface area contributed by atoms with Crippen LogP contribution < -0.4 is 10.6 Å². The Hall–Kier alpha value is -2.42. The molecule has 31 heavy (non-hydrogen) atoms. The fraction of sp³-hybridized carbons (Fsp3) is 0.333. The van der Waals surface area contributed by atoms with E-state index in [1.54, 1.807) is 19.1 Å². The number of hydrogen-bond acceptors (Lipinski definition) is 2. The van der Waals surface area contributed by atoms with Gasteiger partial charge in [0.1, 0.15) is 11.6 Å². The van der Waals surface area contributed by atoms with Gasteiger partial charge in [-0.1, -0.05) is 36.4 Å². The molecule has 0 aliphatic carbocycles. The van der Waals surface area contributed by atoms with Crippen molar-refractivity contribution < 1.29 is 4.39 Å². The molecule has 0 fully saturated rings. The molecule has 1 aromatic heterocycles. The summed E-state index contributed by atoms with van der Waals surface area (Å²) in [6.45, 7) is 9.90. The molecule has 0 aliphatic heterocycles. The molecule has 1 atom stereocenters. The summed E-state index contributed by atoms with van der Waals surface area (Å²) in [7, 11) is 0. The van der Waals surface area contributed by atoms with Crippen molar-refractivity contribution in [3.05, 3.63) is 88.8 Å². The molecule has 1 unspecified atom stereocenters. The number of aromatic nitrogens is 2. The van der Waals surface area contributed by atoms with E-state index < -0.39 is 0 Å². The fourth-order valence-electron chi connectivity index (χ4n) is 3.25. The Morgan fingerprint density at radius 1 is 1.16 bits per heavy atom. The number of benzene rings is 2. The molecule has 166 valence electrons. The summed E-state index contributed by atoms with van der Waals surface area (Å²) in [5, 5.41) is 6.64. The molecular weight excluding hydrogens is 504 g/mol. The minimum atomic E-state index is -0.187. The minimum Gasteiger partial charge on any atom is -0.357 e. The summed E-state index contributed by atoms with van der Waals surface area (Å²) in [5.41, 5.74) is 3.89. The van der Waals surface area contributed by atoms with Gasteiger partial charge in [-0.3, -0.25) is 0 Å². The maximum atomic E-state index is 13.9. The smallest absolute Gasteiger partial charge is 0.192 e. The molecular formula is C24H31FIN5. The predicted octanol–water partition coefficient (Wildman–Crippen LogP) is 5.12. The van der Waals surface area contributed by atoms with Gasteiger partial charge >= 0.3 is 0 Å². The second-order valence-electron chi connectivity index (χ2n) is 7.49. The number of nitrogens with one attached hydrogen (secondary N) is 2. The molecule has 0 bridgehead atoms. The Kier molecular flexibility index (Phi) is 9.48. The Bertz CT molecular complexity index is 1010. The number of halogens is 2. The van der Waals surface area contributed by atoms with Gasteiger partial charge in [-0.25, -0.2) is 14.4 Å². The van der Waals surface area contributed by atoms with Crippen LogP contribution >= 0.6 is 24.0 Å². The van der Waals surface area contributed by atoms with Gasteiger partial charge in [-0.2, -0.15) is 0 Å². The number of rotatable bonds is 7. The number of aryl methyl sites for hydroxylation is 2. The van der Waals surface area contributed by atoms with Crippen molar-refractivity contribution in [2.24, 2.45) is 4.99 Å². The monoisotopic (exact) mass is 535 g/mol. The average molecular weight is 535 g/mol. The average Bonchev–Trinajstić information content (AvgIpc) is 3.13. The summed E-state index contributed by atoms with van der Waals surface area (Å²) < 4.78 is 16.0. The van der Waals surface area contributed by atoms with Crippen molar-refractivity contribution >= 4 is 29.9 Å². The Morgan fingerprint density at radius 3 is 2.61 bits per heavy atom. The Balaban J connectivity index is 0.00000341. The molecule has 0 radical (unpaired) electrons. The van der Waals surface area contributed by atoms with E-state index in [2.05, 4.69) is 44.5 Å². The summed E-state index contributed by atoms with van der Waals surface area (Å²) >= 11 is 0. The van der Waals surface area contributed by atoms with Crippen molar-refractivity contribution in [2.45, 2.75) is 46.8 Å². The fourth-order valence-corrected chi connectivity index (χ4v) is 3.25. The molecule has 1 heterocycles. The molecule has 0 spiro atoms. The first-order chi connectivity index (χ1) is 14.5. The van der Waals surface area contributed by atoms with Crippen LogP contribution in [0.25, 0.3) is 0 Å². The van der Waals surface area contributed by atoms with Crippen LogP contribution in [0.15, 0.2) is 59.9 Å². The summed E-state index contributed by atoms with van der Waals surface area (Å²) in [6, 6.07) is 13.7. The quantitative estimate of drug-likeness (QED) is 0.251. The van der Waals surface area contributed by atoms with E-state index in [4.69, 9.17) is 4.99 Å². The highest BCUT2D eigenvalue weighted by atomic mass is 127. The second-order valence-corrected chi connectivity index (χ2v) is 7.49. The van der Waals surface area contributed by atoms with Crippen LogP contribution in [-0.2, 0) is 13.1 Å². The van der Waals surface area contributed by atoms with Gasteiger partial charge in [0, 0.05) is 25.5 Å². The number of nitrogens with zero attached hydrogens (tertiary/aromatic N) is 3. The largest absolute Gasteiger partial charge is 0.357 e. The first kappa shape index (κ1) is 24.8. The van der Waals surface area contributed by atoms with Crippen LogP contribution in [0.5, 0.6) is 0 Å². The maximum absolute atomic E-state index is 13.9. The van der Waals surface area contributed by atoms with E-state index in [1.165, 1.54) is 5.56 Å². The van der Waals surface area contributed by atoms with Crippen molar-refractivity contribution in [3.63, 3.8) is 0 Å².